The van der Waals surface area contributed by atoms with Crippen molar-refractivity contribution >= 4 is 17.0 Å². The molecule has 1 atom stereocenters. The van der Waals surface area contributed by atoms with E-state index in [0.29, 0.717) is 29.0 Å². The number of halogens is 1. The lowest BCUT2D eigenvalue weighted by Crippen LogP contribution is -2.23. The number of rotatable bonds is 2. The number of benzene rings is 1. The molecule has 1 unspecified atom stereocenters. The Bertz CT molecular complexity index is 599. The van der Waals surface area contributed by atoms with E-state index >= 15 is 0 Å². The first-order chi connectivity index (χ1) is 8.58. The molecule has 1 fully saturated rings. The molecule has 18 heavy (non-hydrogen) atoms. The second-order valence-corrected chi connectivity index (χ2v) is 5.36. The highest BCUT2D eigenvalue weighted by Gasteiger charge is 2.27. The zero-order chi connectivity index (χ0) is 12.9. The highest BCUT2D eigenvalue weighted by molar-refractivity contribution is 5.79. The van der Waals surface area contributed by atoms with Gasteiger partial charge >= 0.3 is 0 Å². The summed E-state index contributed by atoms with van der Waals surface area (Å²) in [5, 5.41) is 0. The average molecular weight is 247 g/mol. The van der Waals surface area contributed by atoms with Crippen molar-refractivity contribution in [2.75, 3.05) is 5.73 Å². The molecule has 0 amide bonds. The van der Waals surface area contributed by atoms with Gasteiger partial charge in [-0.05, 0) is 44.2 Å². The lowest BCUT2D eigenvalue weighted by atomic mass is 9.80. The molecule has 96 valence electrons. The van der Waals surface area contributed by atoms with Crippen molar-refractivity contribution in [2.24, 2.45) is 5.92 Å². The molecule has 1 aliphatic carbocycles. The highest BCUT2D eigenvalue weighted by atomic mass is 19.1. The molecule has 1 aliphatic rings. The van der Waals surface area contributed by atoms with E-state index in [4.69, 9.17) is 5.73 Å². The minimum absolute atomic E-state index is 0.219. The largest absolute Gasteiger partial charge is 0.369 e. The molecule has 1 aromatic carbocycles. The zero-order valence-electron chi connectivity index (χ0n) is 10.8. The molecule has 0 bridgehead atoms. The molecule has 0 radical (unpaired) electrons. The standard InChI is InChI=1S/C14H18FN3/c1-8-6-13-12(7-11(8)15)17-14(16)18(13)9(2)10-4-3-5-10/h6-7,9-10H,3-5H2,1-2H3,(H2,16,17). The second-order valence-electron chi connectivity index (χ2n) is 5.36. The minimum atomic E-state index is -0.219. The van der Waals surface area contributed by atoms with Crippen LogP contribution in [0.1, 0.15) is 37.8 Å². The molecule has 2 N–H and O–H groups in total. The molecule has 1 saturated carbocycles. The van der Waals surface area contributed by atoms with Crippen LogP contribution in [0.15, 0.2) is 12.1 Å². The molecule has 4 heteroatoms. The van der Waals surface area contributed by atoms with Crippen LogP contribution in [-0.2, 0) is 0 Å². The molecule has 0 saturated heterocycles. The van der Waals surface area contributed by atoms with Gasteiger partial charge in [0.2, 0.25) is 5.95 Å². The summed E-state index contributed by atoms with van der Waals surface area (Å²) in [4.78, 5) is 4.28. The first kappa shape index (κ1) is 11.5. The maximum Gasteiger partial charge on any atom is 0.201 e. The molecule has 3 nitrogen and oxygen atoms in total. The fraction of sp³-hybridized carbons (Fsp3) is 0.500. The smallest absolute Gasteiger partial charge is 0.201 e. The Morgan fingerprint density at radius 3 is 2.78 bits per heavy atom. The summed E-state index contributed by atoms with van der Waals surface area (Å²) >= 11 is 0. The number of hydrogen-bond donors (Lipinski definition) is 1. The third-order valence-corrected chi connectivity index (χ3v) is 4.24. The fourth-order valence-corrected chi connectivity index (χ4v) is 2.80. The lowest BCUT2D eigenvalue weighted by molar-refractivity contribution is 0.227. The Morgan fingerprint density at radius 2 is 2.17 bits per heavy atom. The van der Waals surface area contributed by atoms with Gasteiger partial charge in [-0.1, -0.05) is 6.42 Å². The monoisotopic (exact) mass is 247 g/mol. The van der Waals surface area contributed by atoms with Crippen LogP contribution < -0.4 is 5.73 Å². The van der Waals surface area contributed by atoms with E-state index in [1.807, 2.05) is 6.07 Å². The number of aryl methyl sites for hydroxylation is 1. The van der Waals surface area contributed by atoms with Gasteiger partial charge in [-0.3, -0.25) is 0 Å². The van der Waals surface area contributed by atoms with Crippen molar-refractivity contribution in [1.29, 1.82) is 0 Å². The van der Waals surface area contributed by atoms with E-state index < -0.39 is 0 Å². The molecular weight excluding hydrogens is 229 g/mol. The van der Waals surface area contributed by atoms with Crippen molar-refractivity contribution in [3.05, 3.63) is 23.5 Å². The highest BCUT2D eigenvalue weighted by Crippen LogP contribution is 2.38. The Hall–Kier alpha value is -1.58. The van der Waals surface area contributed by atoms with Crippen LogP contribution in [0, 0.1) is 18.7 Å². The van der Waals surface area contributed by atoms with Gasteiger partial charge < -0.3 is 10.3 Å². The van der Waals surface area contributed by atoms with Gasteiger partial charge in [0.15, 0.2) is 0 Å². The summed E-state index contributed by atoms with van der Waals surface area (Å²) in [5.74, 6) is 0.952. The number of anilines is 1. The molecule has 0 aliphatic heterocycles. The number of nitrogens with two attached hydrogens (primary N) is 1. The van der Waals surface area contributed by atoms with Crippen LogP contribution in [-0.4, -0.2) is 9.55 Å². The summed E-state index contributed by atoms with van der Waals surface area (Å²) in [5.41, 5.74) is 8.25. The van der Waals surface area contributed by atoms with E-state index in [1.165, 1.54) is 25.3 Å². The zero-order valence-corrected chi connectivity index (χ0v) is 10.8. The average Bonchev–Trinajstić information content (AvgIpc) is 2.52. The Kier molecular flexibility index (Phi) is 2.54. The van der Waals surface area contributed by atoms with Crippen LogP contribution >= 0.6 is 0 Å². The number of nitrogens with zero attached hydrogens (tertiary/aromatic N) is 2. The van der Waals surface area contributed by atoms with Crippen LogP contribution in [0.4, 0.5) is 10.3 Å². The third-order valence-electron chi connectivity index (χ3n) is 4.24. The number of aromatic nitrogens is 2. The number of nitrogen functional groups attached to an aromatic ring is 1. The van der Waals surface area contributed by atoms with Gasteiger partial charge in [0, 0.05) is 12.1 Å². The van der Waals surface area contributed by atoms with Crippen molar-refractivity contribution in [3.8, 4) is 0 Å². The molecule has 3 rings (SSSR count). The number of fused-ring (bicyclic) bond motifs is 1. The van der Waals surface area contributed by atoms with Crippen LogP contribution in [0.2, 0.25) is 0 Å². The van der Waals surface area contributed by atoms with Gasteiger partial charge in [-0.25, -0.2) is 9.37 Å². The van der Waals surface area contributed by atoms with Crippen molar-refractivity contribution in [1.82, 2.24) is 9.55 Å². The summed E-state index contributed by atoms with van der Waals surface area (Å²) < 4.78 is 15.6. The van der Waals surface area contributed by atoms with E-state index in [1.54, 1.807) is 6.92 Å². The molecule has 1 heterocycles. The van der Waals surface area contributed by atoms with Crippen molar-refractivity contribution in [3.63, 3.8) is 0 Å². The first-order valence-corrected chi connectivity index (χ1v) is 6.51. The summed E-state index contributed by atoms with van der Waals surface area (Å²) in [6.07, 6.45) is 3.80. The van der Waals surface area contributed by atoms with Crippen LogP contribution in [0.25, 0.3) is 11.0 Å². The predicted octanol–water partition coefficient (Wildman–Crippen LogP) is 3.43. The molecular formula is C14H18FN3. The van der Waals surface area contributed by atoms with E-state index in [-0.39, 0.29) is 5.82 Å². The summed E-state index contributed by atoms with van der Waals surface area (Å²) in [6, 6.07) is 3.67. The topological polar surface area (TPSA) is 43.8 Å². The van der Waals surface area contributed by atoms with E-state index in [2.05, 4.69) is 16.5 Å². The van der Waals surface area contributed by atoms with Gasteiger partial charge in [0.1, 0.15) is 5.82 Å². The van der Waals surface area contributed by atoms with Gasteiger partial charge in [-0.15, -0.1) is 0 Å². The normalized spacial score (nSPS) is 17.9. The Labute approximate surface area is 106 Å². The maximum absolute atomic E-state index is 13.5. The van der Waals surface area contributed by atoms with Crippen LogP contribution in [0.5, 0.6) is 0 Å². The third kappa shape index (κ3) is 1.59. The van der Waals surface area contributed by atoms with Crippen molar-refractivity contribution in [2.45, 2.75) is 39.2 Å². The van der Waals surface area contributed by atoms with Crippen molar-refractivity contribution < 1.29 is 4.39 Å². The SMILES string of the molecule is Cc1cc2c(cc1F)nc(N)n2C(C)C1CCC1. The van der Waals surface area contributed by atoms with Gasteiger partial charge in [0.25, 0.3) is 0 Å². The van der Waals surface area contributed by atoms with Gasteiger partial charge in [0.05, 0.1) is 11.0 Å². The summed E-state index contributed by atoms with van der Waals surface area (Å²) in [6.45, 7) is 3.95. The first-order valence-electron chi connectivity index (χ1n) is 6.51. The van der Waals surface area contributed by atoms with Gasteiger partial charge in [-0.2, -0.15) is 0 Å². The molecule has 2 aromatic rings. The predicted molar refractivity (Wildman–Crippen MR) is 70.9 cm³/mol. The number of hydrogen-bond acceptors (Lipinski definition) is 2. The Morgan fingerprint density at radius 1 is 1.44 bits per heavy atom. The molecule has 1 aromatic heterocycles. The van der Waals surface area contributed by atoms with E-state index in [0.717, 1.165) is 5.52 Å². The minimum Gasteiger partial charge on any atom is -0.369 e. The summed E-state index contributed by atoms with van der Waals surface area (Å²) in [7, 11) is 0. The number of imidazole rings is 1. The second kappa shape index (κ2) is 3.97. The maximum atomic E-state index is 13.5. The molecule has 0 spiro atoms. The lowest BCUT2D eigenvalue weighted by Gasteiger charge is -2.33. The quantitative estimate of drug-likeness (QED) is 0.883. The van der Waals surface area contributed by atoms with Crippen LogP contribution in [0.3, 0.4) is 0 Å². The fourth-order valence-electron chi connectivity index (χ4n) is 2.80. The van der Waals surface area contributed by atoms with E-state index in [9.17, 15) is 4.39 Å². The Balaban J connectivity index is 2.15.